The van der Waals surface area contributed by atoms with Gasteiger partial charge >= 0.3 is 0 Å². The molecule has 0 atom stereocenters. The molecule has 0 spiro atoms. The number of hydrogen-bond acceptors (Lipinski definition) is 4. The minimum Gasteiger partial charge on any atom is -0.486 e. The molecule has 0 fully saturated rings. The van der Waals surface area contributed by atoms with E-state index in [0.717, 1.165) is 5.57 Å². The number of nitrogens with zero attached hydrogens (tertiary/aromatic N) is 2. The van der Waals surface area contributed by atoms with Crippen LogP contribution >= 0.6 is 0 Å². The van der Waals surface area contributed by atoms with Gasteiger partial charge in [0.1, 0.15) is 5.82 Å². The van der Waals surface area contributed by atoms with Crippen molar-refractivity contribution in [3.8, 4) is 5.75 Å². The van der Waals surface area contributed by atoms with E-state index in [4.69, 9.17) is 4.74 Å². The third kappa shape index (κ3) is 7.62. The van der Waals surface area contributed by atoms with E-state index in [-0.39, 0.29) is 6.10 Å². The van der Waals surface area contributed by atoms with E-state index in [9.17, 15) is 0 Å². The fourth-order valence-electron chi connectivity index (χ4n) is 1.65. The second-order valence-corrected chi connectivity index (χ2v) is 4.63. The van der Waals surface area contributed by atoms with E-state index >= 15 is 0 Å². The average Bonchev–Trinajstić information content (AvgIpc) is 2.49. The Bertz CT molecular complexity index is 505. The topological polar surface area (TPSA) is 47.0 Å². The Morgan fingerprint density at radius 2 is 2.09 bits per heavy atom. The second-order valence-electron chi connectivity index (χ2n) is 4.63. The maximum absolute atomic E-state index is 5.71. The molecule has 0 aliphatic carbocycles. The van der Waals surface area contributed by atoms with E-state index in [0.29, 0.717) is 23.9 Å². The third-order valence-electron chi connectivity index (χ3n) is 2.41. The zero-order chi connectivity index (χ0) is 17.0. The molecule has 1 rings (SSSR count). The van der Waals surface area contributed by atoms with Gasteiger partial charge in [-0.05, 0) is 33.3 Å². The summed E-state index contributed by atoms with van der Waals surface area (Å²) < 4.78 is 5.71. The first-order valence-electron chi connectivity index (χ1n) is 7.75. The minimum atomic E-state index is 0.0839. The molecular weight excluding hydrogens is 274 g/mol. The van der Waals surface area contributed by atoms with E-state index in [2.05, 4.69) is 21.9 Å². The first kappa shape index (κ1) is 19.9. The van der Waals surface area contributed by atoms with Gasteiger partial charge in [0.15, 0.2) is 11.6 Å². The van der Waals surface area contributed by atoms with Crippen molar-refractivity contribution in [3.05, 3.63) is 48.5 Å². The molecule has 4 heteroatoms. The summed E-state index contributed by atoms with van der Waals surface area (Å²) in [6.45, 7) is 16.2. The molecule has 0 amide bonds. The Labute approximate surface area is 135 Å². The van der Waals surface area contributed by atoms with Crippen LogP contribution in [0.2, 0.25) is 0 Å². The monoisotopic (exact) mass is 303 g/mol. The van der Waals surface area contributed by atoms with Gasteiger partial charge in [-0.25, -0.2) is 9.97 Å². The fourth-order valence-corrected chi connectivity index (χ4v) is 1.65. The van der Waals surface area contributed by atoms with Crippen molar-refractivity contribution in [2.24, 2.45) is 0 Å². The highest BCUT2D eigenvalue weighted by Gasteiger charge is 2.08. The summed E-state index contributed by atoms with van der Waals surface area (Å²) in [5.41, 5.74) is 1.12. The molecule has 1 aromatic rings. The highest BCUT2D eigenvalue weighted by atomic mass is 16.5. The lowest BCUT2D eigenvalue weighted by atomic mass is 10.2. The lowest BCUT2D eigenvalue weighted by Gasteiger charge is -2.15. The Kier molecular flexibility index (Phi) is 10.4. The summed E-state index contributed by atoms with van der Waals surface area (Å²) in [4.78, 5) is 8.57. The minimum absolute atomic E-state index is 0.0839. The zero-order valence-electron chi connectivity index (χ0n) is 14.7. The Balaban J connectivity index is 0.00000211. The number of nitrogens with one attached hydrogen (secondary N) is 1. The average molecular weight is 303 g/mol. The molecule has 22 heavy (non-hydrogen) atoms. The summed E-state index contributed by atoms with van der Waals surface area (Å²) in [5, 5.41) is 3.29. The SMILES string of the molecule is C=C/C=C(\C=C/C)CNc1nc(C)ncc1OC(C)C.CC. The van der Waals surface area contributed by atoms with Crippen LogP contribution in [0.1, 0.15) is 40.4 Å². The summed E-state index contributed by atoms with van der Waals surface area (Å²) in [5.74, 6) is 2.10. The van der Waals surface area contributed by atoms with Crippen LogP contribution in [-0.4, -0.2) is 22.6 Å². The molecule has 1 heterocycles. The molecule has 0 bridgehead atoms. The van der Waals surface area contributed by atoms with Gasteiger partial charge in [-0.2, -0.15) is 0 Å². The van der Waals surface area contributed by atoms with Gasteiger partial charge in [0, 0.05) is 6.54 Å². The van der Waals surface area contributed by atoms with Crippen molar-refractivity contribution in [2.75, 3.05) is 11.9 Å². The van der Waals surface area contributed by atoms with Gasteiger partial charge in [0.05, 0.1) is 12.3 Å². The number of aryl methyl sites for hydroxylation is 1. The van der Waals surface area contributed by atoms with Crippen LogP contribution in [0.5, 0.6) is 5.75 Å². The van der Waals surface area contributed by atoms with Crippen molar-refractivity contribution in [1.29, 1.82) is 0 Å². The van der Waals surface area contributed by atoms with Gasteiger partial charge in [-0.1, -0.05) is 44.7 Å². The molecule has 0 radical (unpaired) electrons. The molecule has 4 nitrogen and oxygen atoms in total. The molecule has 0 saturated heterocycles. The molecule has 0 aliphatic rings. The number of ether oxygens (including phenoxy) is 1. The summed E-state index contributed by atoms with van der Waals surface area (Å²) in [7, 11) is 0. The molecule has 0 unspecified atom stereocenters. The molecule has 1 N–H and O–H groups in total. The number of aromatic nitrogens is 2. The number of hydrogen-bond donors (Lipinski definition) is 1. The summed E-state index contributed by atoms with van der Waals surface area (Å²) in [6, 6.07) is 0. The molecular formula is C18H29N3O. The summed E-state index contributed by atoms with van der Waals surface area (Å²) in [6.07, 6.45) is 9.55. The number of rotatable bonds is 7. The maximum Gasteiger partial charge on any atom is 0.180 e. The maximum atomic E-state index is 5.71. The highest BCUT2D eigenvalue weighted by Crippen LogP contribution is 2.22. The van der Waals surface area contributed by atoms with Crippen LogP contribution in [0.4, 0.5) is 5.82 Å². The molecule has 1 aromatic heterocycles. The molecule has 0 aliphatic heterocycles. The van der Waals surface area contributed by atoms with Crippen LogP contribution < -0.4 is 10.1 Å². The highest BCUT2D eigenvalue weighted by molar-refractivity contribution is 5.50. The smallest absolute Gasteiger partial charge is 0.180 e. The zero-order valence-corrected chi connectivity index (χ0v) is 14.7. The first-order chi connectivity index (χ1) is 10.6. The van der Waals surface area contributed by atoms with Crippen LogP contribution in [0.3, 0.4) is 0 Å². The van der Waals surface area contributed by atoms with Gasteiger partial charge in [0.25, 0.3) is 0 Å². The van der Waals surface area contributed by atoms with Crippen molar-refractivity contribution in [2.45, 2.75) is 47.6 Å². The lowest BCUT2D eigenvalue weighted by molar-refractivity contribution is 0.241. The van der Waals surface area contributed by atoms with Gasteiger partial charge < -0.3 is 10.1 Å². The normalized spacial score (nSPS) is 11.1. The van der Waals surface area contributed by atoms with Gasteiger partial charge in [-0.3, -0.25) is 0 Å². The third-order valence-corrected chi connectivity index (χ3v) is 2.41. The predicted octanol–water partition coefficient (Wildman–Crippen LogP) is 4.70. The van der Waals surface area contributed by atoms with Crippen molar-refractivity contribution in [1.82, 2.24) is 9.97 Å². The fraction of sp³-hybridized carbons (Fsp3) is 0.444. The molecule has 122 valence electrons. The summed E-state index contributed by atoms with van der Waals surface area (Å²) >= 11 is 0. The number of allylic oxidation sites excluding steroid dienone is 3. The number of anilines is 1. The van der Waals surface area contributed by atoms with E-state index in [1.165, 1.54) is 0 Å². The lowest BCUT2D eigenvalue weighted by Crippen LogP contribution is -2.12. The largest absolute Gasteiger partial charge is 0.486 e. The molecule has 0 aromatic carbocycles. The first-order valence-corrected chi connectivity index (χ1v) is 7.75. The van der Waals surface area contributed by atoms with Gasteiger partial charge in [0.2, 0.25) is 0 Å². The van der Waals surface area contributed by atoms with E-state index < -0.39 is 0 Å². The Morgan fingerprint density at radius 1 is 1.41 bits per heavy atom. The van der Waals surface area contributed by atoms with Crippen LogP contribution in [-0.2, 0) is 0 Å². The Hall–Kier alpha value is -2.10. The van der Waals surface area contributed by atoms with Crippen LogP contribution in [0, 0.1) is 6.92 Å². The second kappa shape index (κ2) is 11.5. The molecule has 0 saturated carbocycles. The van der Waals surface area contributed by atoms with Gasteiger partial charge in [-0.15, -0.1) is 0 Å². The van der Waals surface area contributed by atoms with Crippen molar-refractivity contribution in [3.63, 3.8) is 0 Å². The van der Waals surface area contributed by atoms with Crippen LogP contribution in [0.15, 0.2) is 42.7 Å². The van der Waals surface area contributed by atoms with E-state index in [1.807, 2.05) is 59.8 Å². The Morgan fingerprint density at radius 3 is 2.64 bits per heavy atom. The standard InChI is InChI=1S/C16H23N3O.C2H6/c1-6-8-14(9-7-2)10-18-16-15(20-12(3)4)11-17-13(5)19-16;1-2/h6-9,11-12H,1,10H2,2-5H3,(H,17,18,19);1-2H3/b9-7-,14-8+;. The van der Waals surface area contributed by atoms with Crippen LogP contribution in [0.25, 0.3) is 0 Å². The van der Waals surface area contributed by atoms with E-state index in [1.54, 1.807) is 12.3 Å². The predicted molar refractivity (Wildman–Crippen MR) is 95.5 cm³/mol. The van der Waals surface area contributed by atoms with Crippen molar-refractivity contribution >= 4 is 5.82 Å². The quantitative estimate of drug-likeness (QED) is 0.742. The van der Waals surface area contributed by atoms with Crippen molar-refractivity contribution < 1.29 is 4.74 Å².